The summed E-state index contributed by atoms with van der Waals surface area (Å²) in [6.07, 6.45) is 3.54. The quantitative estimate of drug-likeness (QED) is 0.566. The van der Waals surface area contributed by atoms with E-state index in [1.54, 1.807) is 28.8 Å². The standard InChI is InChI=1S/C22H22ClN5O2/c1-13-5-6-15(21(29)27-17-7-8-17)10-18(13)28-12-26-19(20(28)24)22(30)25-11-14-3-2-4-16(23)9-14/h2-6,9-10,12,17H,7-8,11,24H2,1H3,(H,25,30)(H,27,29). The van der Waals surface area contributed by atoms with Crippen LogP contribution in [-0.2, 0) is 6.54 Å². The van der Waals surface area contributed by atoms with Gasteiger partial charge >= 0.3 is 0 Å². The van der Waals surface area contributed by atoms with Gasteiger partial charge in [-0.1, -0.05) is 29.8 Å². The molecule has 0 aliphatic heterocycles. The molecule has 7 nitrogen and oxygen atoms in total. The predicted octanol–water partition coefficient (Wildman–Crippen LogP) is 3.24. The number of nitrogens with two attached hydrogens (primary N) is 1. The smallest absolute Gasteiger partial charge is 0.273 e. The number of hydrogen-bond acceptors (Lipinski definition) is 4. The number of carbonyl (C=O) groups excluding carboxylic acids is 2. The highest BCUT2D eigenvalue weighted by Crippen LogP contribution is 2.23. The molecule has 4 N–H and O–H groups in total. The average molecular weight is 424 g/mol. The van der Waals surface area contributed by atoms with Crippen molar-refractivity contribution < 1.29 is 9.59 Å². The summed E-state index contributed by atoms with van der Waals surface area (Å²) in [6, 6.07) is 12.9. The lowest BCUT2D eigenvalue weighted by atomic mass is 10.1. The molecule has 0 bridgehead atoms. The molecule has 4 rings (SSSR count). The van der Waals surface area contributed by atoms with Crippen LogP contribution in [0.4, 0.5) is 5.82 Å². The van der Waals surface area contributed by atoms with Gasteiger partial charge < -0.3 is 16.4 Å². The van der Waals surface area contributed by atoms with Gasteiger partial charge in [-0.3, -0.25) is 14.2 Å². The first-order valence-electron chi connectivity index (χ1n) is 9.69. The molecule has 8 heteroatoms. The molecule has 0 atom stereocenters. The summed E-state index contributed by atoms with van der Waals surface area (Å²) in [5.41, 5.74) is 9.40. The van der Waals surface area contributed by atoms with Gasteiger partial charge in [-0.15, -0.1) is 0 Å². The monoisotopic (exact) mass is 423 g/mol. The number of aromatic nitrogens is 2. The third-order valence-corrected chi connectivity index (χ3v) is 5.24. The largest absolute Gasteiger partial charge is 0.383 e. The Morgan fingerprint density at radius 3 is 2.73 bits per heavy atom. The average Bonchev–Trinajstić information content (AvgIpc) is 3.46. The Bertz CT molecular complexity index is 1120. The highest BCUT2D eigenvalue weighted by atomic mass is 35.5. The molecule has 1 aliphatic carbocycles. The van der Waals surface area contributed by atoms with Crippen LogP contribution >= 0.6 is 11.6 Å². The van der Waals surface area contributed by atoms with Crippen molar-refractivity contribution in [2.45, 2.75) is 32.4 Å². The third kappa shape index (κ3) is 4.31. The lowest BCUT2D eigenvalue weighted by Crippen LogP contribution is -2.25. The molecular formula is C22H22ClN5O2. The normalized spacial score (nSPS) is 13.1. The summed E-state index contributed by atoms with van der Waals surface area (Å²) >= 11 is 5.98. The SMILES string of the molecule is Cc1ccc(C(=O)NC2CC2)cc1-n1cnc(C(=O)NCc2cccc(Cl)c2)c1N. The van der Waals surface area contributed by atoms with E-state index in [9.17, 15) is 9.59 Å². The topological polar surface area (TPSA) is 102 Å². The van der Waals surface area contributed by atoms with Gasteiger partial charge in [0.1, 0.15) is 12.1 Å². The van der Waals surface area contributed by atoms with Crippen molar-refractivity contribution in [3.63, 3.8) is 0 Å². The van der Waals surface area contributed by atoms with Gasteiger partial charge in [0.25, 0.3) is 11.8 Å². The van der Waals surface area contributed by atoms with E-state index in [1.165, 1.54) is 6.33 Å². The van der Waals surface area contributed by atoms with Crippen molar-refractivity contribution in [1.29, 1.82) is 0 Å². The molecule has 1 aliphatic rings. The second-order valence-electron chi connectivity index (χ2n) is 7.41. The number of anilines is 1. The number of hydrogen-bond donors (Lipinski definition) is 3. The van der Waals surface area contributed by atoms with E-state index in [0.29, 0.717) is 22.8 Å². The maximum absolute atomic E-state index is 12.6. The summed E-state index contributed by atoms with van der Waals surface area (Å²) in [5.74, 6) is -0.287. The molecule has 30 heavy (non-hydrogen) atoms. The van der Waals surface area contributed by atoms with Crippen molar-refractivity contribution in [1.82, 2.24) is 20.2 Å². The van der Waals surface area contributed by atoms with Crippen LogP contribution in [0.5, 0.6) is 0 Å². The Hall–Kier alpha value is -3.32. The van der Waals surface area contributed by atoms with Gasteiger partial charge in [0.15, 0.2) is 5.69 Å². The van der Waals surface area contributed by atoms with E-state index in [4.69, 9.17) is 17.3 Å². The lowest BCUT2D eigenvalue weighted by Gasteiger charge is -2.12. The van der Waals surface area contributed by atoms with Crippen LogP contribution in [0, 0.1) is 6.92 Å². The van der Waals surface area contributed by atoms with Gasteiger partial charge in [-0.05, 0) is 55.2 Å². The van der Waals surface area contributed by atoms with Crippen molar-refractivity contribution in [3.8, 4) is 5.69 Å². The van der Waals surface area contributed by atoms with Gasteiger partial charge in [0.05, 0.1) is 5.69 Å². The molecule has 1 fully saturated rings. The van der Waals surface area contributed by atoms with Crippen LogP contribution in [0.25, 0.3) is 5.69 Å². The van der Waals surface area contributed by atoms with Crippen molar-refractivity contribution in [3.05, 3.63) is 76.2 Å². The number of nitrogens with zero attached hydrogens (tertiary/aromatic N) is 2. The fraction of sp³-hybridized carbons (Fsp3) is 0.227. The van der Waals surface area contributed by atoms with Gasteiger partial charge in [0.2, 0.25) is 0 Å². The molecule has 1 heterocycles. The van der Waals surface area contributed by atoms with Gasteiger partial charge in [0, 0.05) is 23.2 Å². The number of benzene rings is 2. The number of aryl methyl sites for hydroxylation is 1. The van der Waals surface area contributed by atoms with Crippen LogP contribution < -0.4 is 16.4 Å². The summed E-state index contributed by atoms with van der Waals surface area (Å²) in [4.78, 5) is 29.2. The van der Waals surface area contributed by atoms with E-state index in [1.807, 2.05) is 25.1 Å². The lowest BCUT2D eigenvalue weighted by molar-refractivity contribution is 0.0940. The minimum atomic E-state index is -0.383. The zero-order valence-electron chi connectivity index (χ0n) is 16.5. The van der Waals surface area contributed by atoms with E-state index < -0.39 is 0 Å². The number of halogens is 1. The second kappa shape index (κ2) is 8.20. The fourth-order valence-corrected chi connectivity index (χ4v) is 3.36. The van der Waals surface area contributed by atoms with Crippen molar-refractivity contribution in [2.24, 2.45) is 0 Å². The highest BCUT2D eigenvalue weighted by molar-refractivity contribution is 6.30. The number of nitrogens with one attached hydrogen (secondary N) is 2. The molecule has 3 aromatic rings. The van der Waals surface area contributed by atoms with Gasteiger partial charge in [-0.2, -0.15) is 0 Å². The number of imidazole rings is 1. The number of amides is 2. The molecule has 0 spiro atoms. The first-order chi connectivity index (χ1) is 14.4. The molecule has 1 aromatic heterocycles. The van der Waals surface area contributed by atoms with Crippen LogP contribution in [0.2, 0.25) is 5.02 Å². The molecule has 1 saturated carbocycles. The Morgan fingerprint density at radius 2 is 2.00 bits per heavy atom. The number of carbonyl (C=O) groups is 2. The van der Waals surface area contributed by atoms with Crippen LogP contribution in [0.1, 0.15) is 44.8 Å². The van der Waals surface area contributed by atoms with E-state index in [2.05, 4.69) is 15.6 Å². The zero-order chi connectivity index (χ0) is 21.3. The van der Waals surface area contributed by atoms with Crippen LogP contribution in [0.15, 0.2) is 48.8 Å². The van der Waals surface area contributed by atoms with E-state index in [-0.39, 0.29) is 29.4 Å². The van der Waals surface area contributed by atoms with Crippen LogP contribution in [0.3, 0.4) is 0 Å². The molecule has 0 saturated heterocycles. The fourth-order valence-electron chi connectivity index (χ4n) is 3.14. The van der Waals surface area contributed by atoms with E-state index >= 15 is 0 Å². The minimum absolute atomic E-state index is 0.114. The Kier molecular flexibility index (Phi) is 5.46. The van der Waals surface area contributed by atoms with Crippen molar-refractivity contribution >= 4 is 29.2 Å². The van der Waals surface area contributed by atoms with Crippen LogP contribution in [-0.4, -0.2) is 27.4 Å². The molecular weight excluding hydrogens is 402 g/mol. The first kappa shape index (κ1) is 20.0. The van der Waals surface area contributed by atoms with E-state index in [0.717, 1.165) is 24.0 Å². The summed E-state index contributed by atoms with van der Waals surface area (Å²) in [6.45, 7) is 2.22. The molecule has 0 radical (unpaired) electrons. The number of nitrogen functional groups attached to an aromatic ring is 1. The predicted molar refractivity (Wildman–Crippen MR) is 116 cm³/mol. The molecule has 154 valence electrons. The molecule has 2 amide bonds. The maximum atomic E-state index is 12.6. The molecule has 0 unspecified atom stereocenters. The van der Waals surface area contributed by atoms with Gasteiger partial charge in [-0.25, -0.2) is 4.98 Å². The highest BCUT2D eigenvalue weighted by Gasteiger charge is 2.24. The number of rotatable bonds is 6. The third-order valence-electron chi connectivity index (χ3n) is 5.01. The first-order valence-corrected chi connectivity index (χ1v) is 10.1. The Labute approximate surface area is 179 Å². The second-order valence-corrected chi connectivity index (χ2v) is 7.85. The zero-order valence-corrected chi connectivity index (χ0v) is 17.2. The minimum Gasteiger partial charge on any atom is -0.383 e. The molecule has 2 aromatic carbocycles. The Balaban J connectivity index is 1.53. The van der Waals surface area contributed by atoms with Crippen molar-refractivity contribution in [2.75, 3.05) is 5.73 Å². The summed E-state index contributed by atoms with van der Waals surface area (Å²) in [5, 5.41) is 6.38. The summed E-state index contributed by atoms with van der Waals surface area (Å²) in [7, 11) is 0. The maximum Gasteiger partial charge on any atom is 0.273 e. The summed E-state index contributed by atoms with van der Waals surface area (Å²) < 4.78 is 1.62. The Morgan fingerprint density at radius 1 is 1.20 bits per heavy atom.